The van der Waals surface area contributed by atoms with Crippen LogP contribution in [0.2, 0.25) is 0 Å². The summed E-state index contributed by atoms with van der Waals surface area (Å²) in [5.74, 6) is 0.623. The molecule has 4 heteroatoms. The van der Waals surface area contributed by atoms with Crippen molar-refractivity contribution in [3.8, 4) is 0 Å². The summed E-state index contributed by atoms with van der Waals surface area (Å²) < 4.78 is 0. The van der Waals surface area contributed by atoms with E-state index < -0.39 is 0 Å². The first-order valence-corrected chi connectivity index (χ1v) is 6.32. The number of hydrogen-bond acceptors (Lipinski definition) is 3. The largest absolute Gasteiger partial charge is 0.370 e. The van der Waals surface area contributed by atoms with Crippen LogP contribution < -0.4 is 11.5 Å². The molecule has 1 heterocycles. The molecule has 1 saturated heterocycles. The van der Waals surface area contributed by atoms with Crippen LogP contribution in [0, 0.1) is 5.92 Å². The molecule has 2 aliphatic rings. The molecule has 0 aromatic carbocycles. The van der Waals surface area contributed by atoms with Gasteiger partial charge >= 0.3 is 0 Å². The van der Waals surface area contributed by atoms with Crippen molar-refractivity contribution < 1.29 is 4.79 Å². The number of primary amides is 1. The number of fused-ring (bicyclic) bond motifs is 1. The number of hydrogen-bond donors (Lipinski definition) is 2. The highest BCUT2D eigenvalue weighted by molar-refractivity contribution is 8.01. The summed E-state index contributed by atoms with van der Waals surface area (Å²) in [6.07, 6.45) is 5.04. The van der Waals surface area contributed by atoms with Crippen LogP contribution in [-0.2, 0) is 4.79 Å². The Labute approximate surface area is 89.0 Å². The molecule has 4 N–H and O–H groups in total. The Morgan fingerprint density at radius 1 is 1.43 bits per heavy atom. The zero-order valence-electron chi connectivity index (χ0n) is 8.32. The van der Waals surface area contributed by atoms with Crippen LogP contribution >= 0.6 is 11.8 Å². The fourth-order valence-corrected chi connectivity index (χ4v) is 4.10. The van der Waals surface area contributed by atoms with Crippen LogP contribution in [0.3, 0.4) is 0 Å². The summed E-state index contributed by atoms with van der Waals surface area (Å²) >= 11 is 2.07. The number of thioether (sulfide) groups is 1. The highest BCUT2D eigenvalue weighted by Gasteiger charge is 2.52. The van der Waals surface area contributed by atoms with E-state index in [4.69, 9.17) is 11.5 Å². The van der Waals surface area contributed by atoms with Crippen molar-refractivity contribution >= 4 is 17.7 Å². The molecular weight excluding hydrogens is 196 g/mol. The van der Waals surface area contributed by atoms with Crippen LogP contribution in [0.5, 0.6) is 0 Å². The van der Waals surface area contributed by atoms with E-state index in [1.165, 1.54) is 6.42 Å². The monoisotopic (exact) mass is 214 g/mol. The van der Waals surface area contributed by atoms with Crippen LogP contribution in [0.4, 0.5) is 0 Å². The minimum atomic E-state index is -0.184. The molecule has 1 aliphatic carbocycles. The number of amides is 1. The van der Waals surface area contributed by atoms with Crippen LogP contribution in [-0.4, -0.2) is 22.4 Å². The first-order chi connectivity index (χ1) is 6.68. The van der Waals surface area contributed by atoms with Crippen molar-refractivity contribution in [3.05, 3.63) is 0 Å². The first kappa shape index (κ1) is 10.3. The number of carbonyl (C=O) groups is 1. The average molecular weight is 214 g/mol. The summed E-state index contributed by atoms with van der Waals surface area (Å²) in [5.41, 5.74) is 11.2. The average Bonchev–Trinajstić information content (AvgIpc) is 2.82. The number of unbranched alkanes of at least 4 members (excludes halogenated alkanes) is 1. The third kappa shape index (κ3) is 2.23. The molecule has 1 amide bonds. The SMILES string of the molecule is NC(=O)CCCCC1SC2CC2C1N. The van der Waals surface area contributed by atoms with E-state index in [2.05, 4.69) is 11.8 Å². The van der Waals surface area contributed by atoms with E-state index in [0.717, 1.165) is 30.4 Å². The molecule has 0 spiro atoms. The second kappa shape index (κ2) is 4.11. The summed E-state index contributed by atoms with van der Waals surface area (Å²) in [6, 6.07) is 0.415. The Morgan fingerprint density at radius 3 is 2.79 bits per heavy atom. The number of carbonyl (C=O) groups excluding carboxylic acids is 1. The Morgan fingerprint density at radius 2 is 2.21 bits per heavy atom. The van der Waals surface area contributed by atoms with Crippen LogP contribution in [0.15, 0.2) is 0 Å². The maximum atomic E-state index is 10.5. The summed E-state index contributed by atoms with van der Waals surface area (Å²) in [4.78, 5) is 10.5. The van der Waals surface area contributed by atoms with Gasteiger partial charge in [-0.05, 0) is 25.2 Å². The minimum Gasteiger partial charge on any atom is -0.370 e. The van der Waals surface area contributed by atoms with Gasteiger partial charge in [-0.15, -0.1) is 0 Å². The molecule has 1 saturated carbocycles. The molecule has 4 atom stereocenters. The van der Waals surface area contributed by atoms with E-state index in [1.54, 1.807) is 0 Å². The maximum absolute atomic E-state index is 10.5. The lowest BCUT2D eigenvalue weighted by molar-refractivity contribution is -0.118. The quantitative estimate of drug-likeness (QED) is 0.667. The van der Waals surface area contributed by atoms with E-state index in [-0.39, 0.29) is 5.91 Å². The lowest BCUT2D eigenvalue weighted by Gasteiger charge is -2.17. The number of nitrogens with two attached hydrogens (primary N) is 2. The Bertz CT molecular complexity index is 234. The molecule has 4 unspecified atom stereocenters. The van der Waals surface area contributed by atoms with Gasteiger partial charge in [-0.3, -0.25) is 4.79 Å². The standard InChI is InChI=1S/C10H18N2OS/c11-9(13)4-2-1-3-7-10(12)6-5-8(6)14-7/h6-8,10H,1-5,12H2,(H2,11,13). The molecule has 0 aromatic heterocycles. The van der Waals surface area contributed by atoms with Gasteiger partial charge in [0, 0.05) is 23.0 Å². The smallest absolute Gasteiger partial charge is 0.217 e. The van der Waals surface area contributed by atoms with E-state index in [1.807, 2.05) is 0 Å². The zero-order chi connectivity index (χ0) is 10.1. The molecule has 2 rings (SSSR count). The lowest BCUT2D eigenvalue weighted by atomic mass is 10.0. The molecule has 0 radical (unpaired) electrons. The third-order valence-corrected chi connectivity index (χ3v) is 5.01. The highest BCUT2D eigenvalue weighted by atomic mass is 32.2. The van der Waals surface area contributed by atoms with Gasteiger partial charge in [0.15, 0.2) is 0 Å². The van der Waals surface area contributed by atoms with E-state index >= 15 is 0 Å². The highest BCUT2D eigenvalue weighted by Crippen LogP contribution is 2.55. The summed E-state index contributed by atoms with van der Waals surface area (Å²) in [5, 5.41) is 1.51. The number of rotatable bonds is 5. The van der Waals surface area contributed by atoms with Gasteiger partial charge in [-0.1, -0.05) is 6.42 Å². The van der Waals surface area contributed by atoms with Crippen LogP contribution in [0.25, 0.3) is 0 Å². The van der Waals surface area contributed by atoms with Gasteiger partial charge < -0.3 is 11.5 Å². The van der Waals surface area contributed by atoms with Crippen molar-refractivity contribution in [3.63, 3.8) is 0 Å². The fraction of sp³-hybridized carbons (Fsp3) is 0.900. The van der Waals surface area contributed by atoms with Crippen molar-refractivity contribution in [2.24, 2.45) is 17.4 Å². The second-order valence-corrected chi connectivity index (χ2v) is 5.89. The van der Waals surface area contributed by atoms with Gasteiger partial charge in [0.1, 0.15) is 0 Å². The molecule has 80 valence electrons. The Kier molecular flexibility index (Phi) is 3.02. The molecular formula is C10H18N2OS. The van der Waals surface area contributed by atoms with Crippen molar-refractivity contribution in [2.75, 3.05) is 0 Å². The van der Waals surface area contributed by atoms with Gasteiger partial charge in [0.2, 0.25) is 5.91 Å². The third-order valence-electron chi connectivity index (χ3n) is 3.21. The minimum absolute atomic E-state index is 0.184. The predicted octanol–water partition coefficient (Wildman–Crippen LogP) is 0.863. The van der Waals surface area contributed by atoms with Crippen molar-refractivity contribution in [2.45, 2.75) is 48.6 Å². The molecule has 3 nitrogen and oxygen atoms in total. The Balaban J connectivity index is 1.60. The van der Waals surface area contributed by atoms with E-state index in [9.17, 15) is 4.79 Å². The second-order valence-electron chi connectivity index (χ2n) is 4.40. The topological polar surface area (TPSA) is 69.1 Å². The van der Waals surface area contributed by atoms with Crippen molar-refractivity contribution in [1.82, 2.24) is 0 Å². The van der Waals surface area contributed by atoms with Gasteiger partial charge in [0.25, 0.3) is 0 Å². The van der Waals surface area contributed by atoms with Crippen molar-refractivity contribution in [1.29, 1.82) is 0 Å². The Hall–Kier alpha value is -0.220. The maximum Gasteiger partial charge on any atom is 0.217 e. The molecule has 1 aliphatic heterocycles. The zero-order valence-corrected chi connectivity index (χ0v) is 9.13. The predicted molar refractivity (Wildman–Crippen MR) is 58.9 cm³/mol. The fourth-order valence-electron chi connectivity index (χ4n) is 2.25. The molecule has 0 bridgehead atoms. The van der Waals surface area contributed by atoms with Gasteiger partial charge in [-0.2, -0.15) is 11.8 Å². The lowest BCUT2D eigenvalue weighted by Crippen LogP contribution is -2.31. The first-order valence-electron chi connectivity index (χ1n) is 5.38. The molecule has 2 fully saturated rings. The van der Waals surface area contributed by atoms with Gasteiger partial charge in [-0.25, -0.2) is 0 Å². The van der Waals surface area contributed by atoms with E-state index in [0.29, 0.717) is 17.7 Å². The van der Waals surface area contributed by atoms with Gasteiger partial charge in [0.05, 0.1) is 0 Å². The summed E-state index contributed by atoms with van der Waals surface area (Å²) in [6.45, 7) is 0. The summed E-state index contributed by atoms with van der Waals surface area (Å²) in [7, 11) is 0. The molecule has 0 aromatic rings. The normalized spacial score (nSPS) is 39.5. The van der Waals surface area contributed by atoms with Crippen LogP contribution in [0.1, 0.15) is 32.1 Å². The molecule has 14 heavy (non-hydrogen) atoms.